The Labute approximate surface area is 73.7 Å². The standard InChI is InChI=1S/C7H8O6/c1-4-7(2-10-5(8)12-4)3-11-6(9)13-7/h4H,2-3H2,1H3. The van der Waals surface area contributed by atoms with Crippen molar-refractivity contribution in [1.82, 2.24) is 0 Å². The number of hydrogen-bond donors (Lipinski definition) is 0. The zero-order chi connectivity index (χ0) is 9.47. The molecule has 0 aromatic carbocycles. The molecular formula is C7H8O6. The van der Waals surface area contributed by atoms with E-state index in [1.165, 1.54) is 0 Å². The van der Waals surface area contributed by atoms with Gasteiger partial charge in [-0.05, 0) is 6.92 Å². The molecule has 0 aliphatic carbocycles. The second-order valence-electron chi connectivity index (χ2n) is 3.00. The summed E-state index contributed by atoms with van der Waals surface area (Å²) < 4.78 is 18.9. The molecule has 72 valence electrons. The number of cyclic esters (lactones) is 3. The third kappa shape index (κ3) is 1.18. The molecule has 0 bridgehead atoms. The van der Waals surface area contributed by atoms with Crippen LogP contribution in [0.15, 0.2) is 0 Å². The maximum Gasteiger partial charge on any atom is 0.509 e. The first-order valence-corrected chi connectivity index (χ1v) is 3.82. The van der Waals surface area contributed by atoms with Crippen LogP contribution in [0.25, 0.3) is 0 Å². The number of carbonyl (C=O) groups is 2. The van der Waals surface area contributed by atoms with Gasteiger partial charge in [-0.15, -0.1) is 0 Å². The molecule has 6 heteroatoms. The lowest BCUT2D eigenvalue weighted by Crippen LogP contribution is -2.53. The predicted molar refractivity (Wildman–Crippen MR) is 37.1 cm³/mol. The predicted octanol–water partition coefficient (Wildman–Crippen LogP) is 0.447. The van der Waals surface area contributed by atoms with Crippen molar-refractivity contribution >= 4 is 12.3 Å². The molecule has 13 heavy (non-hydrogen) atoms. The SMILES string of the molecule is CC1OC(=O)OCC12COC(=O)O2. The highest BCUT2D eigenvalue weighted by atomic mass is 16.8. The van der Waals surface area contributed by atoms with Crippen molar-refractivity contribution in [2.75, 3.05) is 13.2 Å². The lowest BCUT2D eigenvalue weighted by Gasteiger charge is -2.33. The van der Waals surface area contributed by atoms with Gasteiger partial charge < -0.3 is 18.9 Å². The van der Waals surface area contributed by atoms with E-state index in [-0.39, 0.29) is 13.2 Å². The second-order valence-corrected chi connectivity index (χ2v) is 3.00. The molecule has 0 aromatic heterocycles. The fourth-order valence-electron chi connectivity index (χ4n) is 1.26. The van der Waals surface area contributed by atoms with Crippen molar-refractivity contribution in [3.05, 3.63) is 0 Å². The van der Waals surface area contributed by atoms with Gasteiger partial charge in [0.15, 0.2) is 0 Å². The summed E-state index contributed by atoms with van der Waals surface area (Å²) in [5, 5.41) is 0. The first-order chi connectivity index (χ1) is 6.12. The van der Waals surface area contributed by atoms with Gasteiger partial charge in [0.25, 0.3) is 0 Å². The molecule has 2 atom stereocenters. The maximum absolute atomic E-state index is 10.7. The summed E-state index contributed by atoms with van der Waals surface area (Å²) in [5.41, 5.74) is -0.953. The molecule has 2 aliphatic rings. The minimum Gasteiger partial charge on any atom is -0.430 e. The smallest absolute Gasteiger partial charge is 0.430 e. The van der Waals surface area contributed by atoms with E-state index in [1.807, 2.05) is 0 Å². The Morgan fingerprint density at radius 3 is 2.38 bits per heavy atom. The molecule has 0 radical (unpaired) electrons. The van der Waals surface area contributed by atoms with Crippen LogP contribution in [0, 0.1) is 0 Å². The van der Waals surface area contributed by atoms with Crippen LogP contribution in [0.5, 0.6) is 0 Å². The lowest BCUT2D eigenvalue weighted by atomic mass is 9.99. The van der Waals surface area contributed by atoms with Crippen LogP contribution in [-0.2, 0) is 18.9 Å². The zero-order valence-electron chi connectivity index (χ0n) is 6.94. The van der Waals surface area contributed by atoms with Gasteiger partial charge in [0, 0.05) is 0 Å². The molecular weight excluding hydrogens is 180 g/mol. The third-order valence-corrected chi connectivity index (χ3v) is 2.17. The summed E-state index contributed by atoms with van der Waals surface area (Å²) in [6.45, 7) is 1.67. The Hall–Kier alpha value is -1.46. The van der Waals surface area contributed by atoms with Crippen molar-refractivity contribution in [2.45, 2.75) is 18.6 Å². The zero-order valence-corrected chi connectivity index (χ0v) is 6.94. The number of rotatable bonds is 0. The molecule has 2 aliphatic heterocycles. The topological polar surface area (TPSA) is 71.1 Å². The summed E-state index contributed by atoms with van der Waals surface area (Å²) >= 11 is 0. The molecule has 0 aromatic rings. The van der Waals surface area contributed by atoms with E-state index < -0.39 is 24.0 Å². The van der Waals surface area contributed by atoms with Crippen LogP contribution in [0.3, 0.4) is 0 Å². The van der Waals surface area contributed by atoms with Gasteiger partial charge in [-0.1, -0.05) is 0 Å². The van der Waals surface area contributed by atoms with Crippen molar-refractivity contribution in [2.24, 2.45) is 0 Å². The van der Waals surface area contributed by atoms with Gasteiger partial charge in [0.05, 0.1) is 0 Å². The van der Waals surface area contributed by atoms with Crippen LogP contribution < -0.4 is 0 Å². The quantitative estimate of drug-likeness (QED) is 0.514. The molecule has 0 N–H and O–H groups in total. The van der Waals surface area contributed by atoms with E-state index in [4.69, 9.17) is 9.47 Å². The van der Waals surface area contributed by atoms with Crippen molar-refractivity contribution in [3.8, 4) is 0 Å². The van der Waals surface area contributed by atoms with Gasteiger partial charge in [-0.3, -0.25) is 0 Å². The Balaban J connectivity index is 2.14. The average Bonchev–Trinajstić information content (AvgIpc) is 2.43. The first-order valence-electron chi connectivity index (χ1n) is 3.82. The molecule has 0 saturated carbocycles. The average molecular weight is 188 g/mol. The monoisotopic (exact) mass is 188 g/mol. The normalized spacial score (nSPS) is 37.8. The van der Waals surface area contributed by atoms with Gasteiger partial charge in [0.2, 0.25) is 5.60 Å². The molecule has 1 spiro atoms. The highest BCUT2D eigenvalue weighted by molar-refractivity contribution is 5.65. The van der Waals surface area contributed by atoms with Crippen LogP contribution in [-0.4, -0.2) is 37.2 Å². The van der Waals surface area contributed by atoms with Gasteiger partial charge in [-0.2, -0.15) is 0 Å². The molecule has 2 saturated heterocycles. The van der Waals surface area contributed by atoms with Crippen LogP contribution in [0.1, 0.15) is 6.92 Å². The van der Waals surface area contributed by atoms with Crippen molar-refractivity contribution in [3.63, 3.8) is 0 Å². The lowest BCUT2D eigenvalue weighted by molar-refractivity contribution is -0.139. The van der Waals surface area contributed by atoms with E-state index in [1.54, 1.807) is 6.92 Å². The van der Waals surface area contributed by atoms with E-state index in [0.717, 1.165) is 0 Å². The number of carbonyl (C=O) groups excluding carboxylic acids is 2. The Kier molecular flexibility index (Phi) is 1.58. The molecule has 0 amide bonds. The summed E-state index contributed by atoms with van der Waals surface area (Å²) in [6.07, 6.45) is -2.05. The van der Waals surface area contributed by atoms with Gasteiger partial charge in [0.1, 0.15) is 19.3 Å². The van der Waals surface area contributed by atoms with Crippen LogP contribution in [0.4, 0.5) is 9.59 Å². The molecule has 2 rings (SSSR count). The van der Waals surface area contributed by atoms with E-state index >= 15 is 0 Å². The molecule has 6 nitrogen and oxygen atoms in total. The number of hydrogen-bond acceptors (Lipinski definition) is 6. The number of ether oxygens (including phenoxy) is 4. The van der Waals surface area contributed by atoms with E-state index in [0.29, 0.717) is 0 Å². The van der Waals surface area contributed by atoms with Crippen molar-refractivity contribution in [1.29, 1.82) is 0 Å². The minimum atomic E-state index is -0.953. The summed E-state index contributed by atoms with van der Waals surface area (Å²) in [5.74, 6) is 0. The fourth-order valence-corrected chi connectivity index (χ4v) is 1.26. The Morgan fingerprint density at radius 1 is 1.23 bits per heavy atom. The summed E-state index contributed by atoms with van der Waals surface area (Å²) in [4.78, 5) is 21.4. The van der Waals surface area contributed by atoms with E-state index in [9.17, 15) is 9.59 Å². The van der Waals surface area contributed by atoms with Crippen LogP contribution in [0.2, 0.25) is 0 Å². The first kappa shape index (κ1) is 8.15. The second kappa shape index (κ2) is 2.51. The molecule has 2 heterocycles. The van der Waals surface area contributed by atoms with Gasteiger partial charge in [-0.25, -0.2) is 9.59 Å². The minimum absolute atomic E-state index is 0.0151. The fraction of sp³-hybridized carbons (Fsp3) is 0.714. The Morgan fingerprint density at radius 2 is 1.85 bits per heavy atom. The largest absolute Gasteiger partial charge is 0.509 e. The maximum atomic E-state index is 10.7. The highest BCUT2D eigenvalue weighted by Crippen LogP contribution is 2.29. The van der Waals surface area contributed by atoms with Gasteiger partial charge >= 0.3 is 12.3 Å². The van der Waals surface area contributed by atoms with E-state index in [2.05, 4.69) is 9.47 Å². The third-order valence-electron chi connectivity index (χ3n) is 2.17. The molecule has 2 fully saturated rings. The van der Waals surface area contributed by atoms with Crippen molar-refractivity contribution < 1.29 is 28.5 Å². The Bertz CT molecular complexity index is 262. The highest BCUT2D eigenvalue weighted by Gasteiger charge is 2.53. The molecule has 2 unspecified atom stereocenters. The van der Waals surface area contributed by atoms with Crippen LogP contribution >= 0.6 is 0 Å². The summed E-state index contributed by atoms with van der Waals surface area (Å²) in [6, 6.07) is 0. The summed E-state index contributed by atoms with van der Waals surface area (Å²) in [7, 11) is 0.